The predicted molar refractivity (Wildman–Crippen MR) is 114 cm³/mol. The predicted octanol–water partition coefficient (Wildman–Crippen LogP) is 4.83. The first-order valence-electron chi connectivity index (χ1n) is 9.92. The molecule has 1 aliphatic rings. The summed E-state index contributed by atoms with van der Waals surface area (Å²) in [6.45, 7) is 0.107. The third kappa shape index (κ3) is 3.13. The van der Waals surface area contributed by atoms with Crippen LogP contribution in [0.3, 0.4) is 0 Å². The minimum absolute atomic E-state index is 0.00388. The number of carbonyl (C=O) groups excluding carboxylic acids is 1. The van der Waals surface area contributed by atoms with Crippen molar-refractivity contribution in [2.24, 2.45) is 0 Å². The third-order valence-electron chi connectivity index (χ3n) is 5.64. The normalized spacial score (nSPS) is 15.3. The van der Waals surface area contributed by atoms with Gasteiger partial charge >= 0.3 is 0 Å². The molecule has 0 saturated heterocycles. The maximum absolute atomic E-state index is 14.8. The van der Waals surface area contributed by atoms with Crippen molar-refractivity contribution >= 4 is 16.9 Å². The van der Waals surface area contributed by atoms with E-state index in [1.54, 1.807) is 37.4 Å². The number of hydrogen-bond donors (Lipinski definition) is 0. The van der Waals surface area contributed by atoms with Gasteiger partial charge in [0.15, 0.2) is 5.43 Å². The Morgan fingerprint density at radius 2 is 1.75 bits per heavy atom. The minimum atomic E-state index is -1.01. The van der Waals surface area contributed by atoms with E-state index in [2.05, 4.69) is 0 Å². The lowest BCUT2D eigenvalue weighted by atomic mass is 9.97. The number of benzene rings is 3. The van der Waals surface area contributed by atoms with Gasteiger partial charge in [0.25, 0.3) is 5.91 Å². The van der Waals surface area contributed by atoms with E-state index < -0.39 is 29.0 Å². The SMILES string of the molecule is COc1ccc(CN2C(=O)c3oc4ccc(F)cc4c(=O)c3C2c2ccccc2F)cc1. The Kier molecular flexibility index (Phi) is 4.74. The fourth-order valence-corrected chi connectivity index (χ4v) is 4.10. The van der Waals surface area contributed by atoms with Gasteiger partial charge in [0.2, 0.25) is 5.76 Å². The van der Waals surface area contributed by atoms with Crippen molar-refractivity contribution in [1.29, 1.82) is 0 Å². The second-order valence-corrected chi connectivity index (χ2v) is 7.52. The molecule has 3 aromatic carbocycles. The molecule has 0 radical (unpaired) electrons. The van der Waals surface area contributed by atoms with Crippen molar-refractivity contribution in [3.63, 3.8) is 0 Å². The zero-order valence-electron chi connectivity index (χ0n) is 17.0. The first kappa shape index (κ1) is 19.9. The fraction of sp³-hybridized carbons (Fsp3) is 0.120. The number of methoxy groups -OCH3 is 1. The Morgan fingerprint density at radius 3 is 2.47 bits per heavy atom. The zero-order chi connectivity index (χ0) is 22.4. The van der Waals surface area contributed by atoms with Gasteiger partial charge in [0, 0.05) is 12.1 Å². The van der Waals surface area contributed by atoms with Crippen LogP contribution in [0.1, 0.15) is 33.3 Å². The molecule has 1 amide bonds. The van der Waals surface area contributed by atoms with Crippen LogP contribution < -0.4 is 10.2 Å². The largest absolute Gasteiger partial charge is 0.497 e. The van der Waals surface area contributed by atoms with Crippen LogP contribution in [0.4, 0.5) is 8.78 Å². The van der Waals surface area contributed by atoms with Crippen molar-refractivity contribution in [2.75, 3.05) is 7.11 Å². The Labute approximate surface area is 181 Å². The summed E-state index contributed by atoms with van der Waals surface area (Å²) in [5, 5.41) is 0.00388. The highest BCUT2D eigenvalue weighted by Crippen LogP contribution is 2.40. The Balaban J connectivity index is 1.71. The Hall–Kier alpha value is -4.00. The summed E-state index contributed by atoms with van der Waals surface area (Å²) >= 11 is 0. The highest BCUT2D eigenvalue weighted by molar-refractivity contribution is 5.99. The molecular weight excluding hydrogens is 416 g/mol. The summed E-state index contributed by atoms with van der Waals surface area (Å²) in [4.78, 5) is 28.1. The molecule has 7 heteroatoms. The van der Waals surface area contributed by atoms with E-state index in [0.717, 1.165) is 17.7 Å². The first-order chi connectivity index (χ1) is 15.5. The molecule has 0 spiro atoms. The molecule has 5 nitrogen and oxygen atoms in total. The van der Waals surface area contributed by atoms with Crippen molar-refractivity contribution in [3.05, 3.63) is 111 Å². The van der Waals surface area contributed by atoms with Gasteiger partial charge in [0.1, 0.15) is 23.0 Å². The van der Waals surface area contributed by atoms with Crippen LogP contribution >= 0.6 is 0 Å². The molecule has 32 heavy (non-hydrogen) atoms. The lowest BCUT2D eigenvalue weighted by molar-refractivity contribution is 0.0712. The number of fused-ring (bicyclic) bond motifs is 2. The van der Waals surface area contributed by atoms with E-state index in [-0.39, 0.29) is 34.4 Å². The first-order valence-corrected chi connectivity index (χ1v) is 9.92. The summed E-state index contributed by atoms with van der Waals surface area (Å²) in [6.07, 6.45) is 0. The van der Waals surface area contributed by atoms with E-state index in [4.69, 9.17) is 9.15 Å². The van der Waals surface area contributed by atoms with Crippen LogP contribution in [-0.4, -0.2) is 17.9 Å². The number of ether oxygens (including phenoxy) is 1. The molecule has 1 aromatic heterocycles. The van der Waals surface area contributed by atoms with E-state index in [9.17, 15) is 18.4 Å². The Morgan fingerprint density at radius 1 is 1.00 bits per heavy atom. The van der Waals surface area contributed by atoms with Gasteiger partial charge < -0.3 is 14.1 Å². The molecular formula is C25H17F2NO4. The topological polar surface area (TPSA) is 59.8 Å². The van der Waals surface area contributed by atoms with Crippen LogP contribution in [0, 0.1) is 11.6 Å². The fourth-order valence-electron chi connectivity index (χ4n) is 4.10. The molecule has 0 fully saturated rings. The summed E-state index contributed by atoms with van der Waals surface area (Å²) in [5.41, 5.74) is 0.473. The van der Waals surface area contributed by atoms with Gasteiger partial charge in [0.05, 0.1) is 24.1 Å². The second-order valence-electron chi connectivity index (χ2n) is 7.52. The molecule has 0 saturated carbocycles. The molecule has 160 valence electrons. The molecule has 4 aromatic rings. The maximum atomic E-state index is 14.8. The Bertz CT molecular complexity index is 1410. The van der Waals surface area contributed by atoms with E-state index in [1.165, 1.54) is 29.2 Å². The van der Waals surface area contributed by atoms with Crippen molar-refractivity contribution in [3.8, 4) is 5.75 Å². The molecule has 1 atom stereocenters. The lowest BCUT2D eigenvalue weighted by Gasteiger charge is -2.25. The average Bonchev–Trinajstić information content (AvgIpc) is 3.07. The quantitative estimate of drug-likeness (QED) is 0.463. The molecule has 5 rings (SSSR count). The van der Waals surface area contributed by atoms with Crippen molar-refractivity contribution < 1.29 is 22.7 Å². The number of hydrogen-bond acceptors (Lipinski definition) is 4. The molecule has 0 bridgehead atoms. The number of halogens is 2. The number of nitrogens with zero attached hydrogens (tertiary/aromatic N) is 1. The summed E-state index contributed by atoms with van der Waals surface area (Å²) in [6, 6.07) is 15.6. The van der Waals surface area contributed by atoms with Crippen LogP contribution in [-0.2, 0) is 6.54 Å². The van der Waals surface area contributed by atoms with Gasteiger partial charge in [-0.2, -0.15) is 0 Å². The smallest absolute Gasteiger partial charge is 0.291 e. The van der Waals surface area contributed by atoms with Crippen LogP contribution in [0.15, 0.2) is 75.9 Å². The molecule has 2 heterocycles. The second kappa shape index (κ2) is 7.60. The van der Waals surface area contributed by atoms with Gasteiger partial charge in [-0.25, -0.2) is 8.78 Å². The van der Waals surface area contributed by atoms with Gasteiger partial charge in [-0.3, -0.25) is 9.59 Å². The monoisotopic (exact) mass is 433 g/mol. The third-order valence-corrected chi connectivity index (χ3v) is 5.64. The van der Waals surface area contributed by atoms with Crippen LogP contribution in [0.2, 0.25) is 0 Å². The standard InChI is InChI=1S/C25H17F2NO4/c1-31-16-9-6-14(7-10-16)13-28-22(17-4-2-3-5-19(17)27)21-23(29)18-12-15(26)8-11-20(18)32-24(21)25(28)30/h2-12,22H,13H2,1H3. The number of carbonyl (C=O) groups is 1. The van der Waals surface area contributed by atoms with E-state index >= 15 is 0 Å². The van der Waals surface area contributed by atoms with Crippen molar-refractivity contribution in [1.82, 2.24) is 4.90 Å². The number of rotatable bonds is 4. The van der Waals surface area contributed by atoms with E-state index in [0.29, 0.717) is 5.75 Å². The minimum Gasteiger partial charge on any atom is -0.497 e. The molecule has 0 aliphatic carbocycles. The average molecular weight is 433 g/mol. The maximum Gasteiger partial charge on any atom is 0.291 e. The van der Waals surface area contributed by atoms with Gasteiger partial charge in [-0.15, -0.1) is 0 Å². The zero-order valence-corrected chi connectivity index (χ0v) is 17.0. The summed E-state index contributed by atoms with van der Waals surface area (Å²) in [5.74, 6) is -1.20. The summed E-state index contributed by atoms with van der Waals surface area (Å²) in [7, 11) is 1.55. The number of amides is 1. The van der Waals surface area contributed by atoms with Crippen molar-refractivity contribution in [2.45, 2.75) is 12.6 Å². The van der Waals surface area contributed by atoms with E-state index in [1.807, 2.05) is 0 Å². The van der Waals surface area contributed by atoms with Crippen LogP contribution in [0.5, 0.6) is 5.75 Å². The van der Waals surface area contributed by atoms with Gasteiger partial charge in [-0.1, -0.05) is 30.3 Å². The lowest BCUT2D eigenvalue weighted by Crippen LogP contribution is -2.29. The summed E-state index contributed by atoms with van der Waals surface area (Å²) < 4.78 is 39.6. The van der Waals surface area contributed by atoms with Crippen LogP contribution in [0.25, 0.3) is 11.0 Å². The molecule has 1 aliphatic heterocycles. The molecule has 1 unspecified atom stereocenters. The molecule has 0 N–H and O–H groups in total. The highest BCUT2D eigenvalue weighted by Gasteiger charge is 2.43. The highest BCUT2D eigenvalue weighted by atomic mass is 19.1. The van der Waals surface area contributed by atoms with Gasteiger partial charge in [-0.05, 0) is 42.0 Å².